The van der Waals surface area contributed by atoms with E-state index in [1.54, 1.807) is 0 Å². The number of hydrogen-bond donors (Lipinski definition) is 1. The van der Waals surface area contributed by atoms with Gasteiger partial charge in [0.05, 0.1) is 12.3 Å². The number of nitrogens with one attached hydrogen (secondary N) is 1. The van der Waals surface area contributed by atoms with Crippen LogP contribution in [0.2, 0.25) is 0 Å². The van der Waals surface area contributed by atoms with E-state index in [0.717, 1.165) is 30.9 Å². The summed E-state index contributed by atoms with van der Waals surface area (Å²) in [6.07, 6.45) is 2.02. The third-order valence-electron chi connectivity index (χ3n) is 3.51. The van der Waals surface area contributed by atoms with Crippen LogP contribution in [-0.4, -0.2) is 16.8 Å². The van der Waals surface area contributed by atoms with Crippen LogP contribution in [0.15, 0.2) is 18.2 Å². The first-order chi connectivity index (χ1) is 9.09. The molecule has 0 bridgehead atoms. The number of halogens is 1. The van der Waals surface area contributed by atoms with E-state index in [1.807, 2.05) is 6.92 Å². The molecule has 0 saturated heterocycles. The van der Waals surface area contributed by atoms with Crippen LogP contribution in [-0.2, 0) is 6.42 Å². The second-order valence-corrected chi connectivity index (χ2v) is 5.09. The van der Waals surface area contributed by atoms with Crippen LogP contribution in [0.5, 0.6) is 5.75 Å². The Morgan fingerprint density at radius 2 is 1.75 bits per heavy atom. The smallest absolute Gasteiger partial charge is 0.125 e. The van der Waals surface area contributed by atoms with E-state index in [-0.39, 0.29) is 12.4 Å². The fourth-order valence-corrected chi connectivity index (χ4v) is 2.39. The fraction of sp³-hybridized carbons (Fsp3) is 0.438. The third kappa shape index (κ3) is 3.76. The number of aromatic amines is 1. The SMILES string of the molecule is Cc1cccc(C)c1OCCCc1c(C)n[nH]c1C.Cl. The number of ether oxygens (including phenoxy) is 1. The van der Waals surface area contributed by atoms with Crippen LogP contribution in [0.4, 0.5) is 0 Å². The first-order valence-electron chi connectivity index (χ1n) is 6.79. The van der Waals surface area contributed by atoms with Crippen molar-refractivity contribution in [3.05, 3.63) is 46.3 Å². The molecular formula is C16H23ClN2O. The number of aryl methyl sites for hydroxylation is 4. The highest BCUT2D eigenvalue weighted by atomic mass is 35.5. The summed E-state index contributed by atoms with van der Waals surface area (Å²) >= 11 is 0. The van der Waals surface area contributed by atoms with E-state index in [9.17, 15) is 0 Å². The molecule has 0 spiro atoms. The van der Waals surface area contributed by atoms with Gasteiger partial charge in [-0.1, -0.05) is 18.2 Å². The average molecular weight is 295 g/mol. The van der Waals surface area contributed by atoms with Crippen molar-refractivity contribution < 1.29 is 4.74 Å². The predicted octanol–water partition coefficient (Wildman–Crippen LogP) is 4.08. The number of H-pyrrole nitrogens is 1. The Bertz CT molecular complexity index is 524. The van der Waals surface area contributed by atoms with Crippen molar-refractivity contribution in [1.29, 1.82) is 0 Å². The number of rotatable bonds is 5. The molecule has 20 heavy (non-hydrogen) atoms. The topological polar surface area (TPSA) is 37.9 Å². The summed E-state index contributed by atoms with van der Waals surface area (Å²) in [5, 5.41) is 7.24. The molecule has 0 atom stereocenters. The zero-order valence-electron chi connectivity index (χ0n) is 12.6. The van der Waals surface area contributed by atoms with Crippen LogP contribution in [0, 0.1) is 27.7 Å². The van der Waals surface area contributed by atoms with E-state index in [1.165, 1.54) is 22.4 Å². The summed E-state index contributed by atoms with van der Waals surface area (Å²) in [5.41, 5.74) is 6.01. The normalized spacial score (nSPS) is 10.2. The minimum atomic E-state index is 0. The fourth-order valence-electron chi connectivity index (χ4n) is 2.39. The van der Waals surface area contributed by atoms with Crippen LogP contribution in [0.1, 0.15) is 34.5 Å². The van der Waals surface area contributed by atoms with Crippen molar-refractivity contribution in [2.24, 2.45) is 0 Å². The molecule has 0 radical (unpaired) electrons. The molecule has 1 N–H and O–H groups in total. The average Bonchev–Trinajstić information content (AvgIpc) is 2.68. The molecule has 2 aromatic rings. The zero-order chi connectivity index (χ0) is 13.8. The first kappa shape index (κ1) is 16.6. The molecule has 0 saturated carbocycles. The van der Waals surface area contributed by atoms with Gasteiger partial charge in [0, 0.05) is 5.69 Å². The molecule has 110 valence electrons. The molecule has 0 fully saturated rings. The van der Waals surface area contributed by atoms with E-state index in [0.29, 0.717) is 0 Å². The van der Waals surface area contributed by atoms with Crippen molar-refractivity contribution >= 4 is 12.4 Å². The maximum Gasteiger partial charge on any atom is 0.125 e. The standard InChI is InChI=1S/C16H22N2O.ClH/c1-11-7-5-8-12(2)16(11)19-10-6-9-15-13(3)17-18-14(15)4;/h5,7-8H,6,9-10H2,1-4H3,(H,17,18);1H. The van der Waals surface area contributed by atoms with Crippen LogP contribution < -0.4 is 4.74 Å². The molecule has 0 amide bonds. The van der Waals surface area contributed by atoms with Crippen LogP contribution in [0.25, 0.3) is 0 Å². The summed E-state index contributed by atoms with van der Waals surface area (Å²) in [4.78, 5) is 0. The van der Waals surface area contributed by atoms with Crippen molar-refractivity contribution in [2.45, 2.75) is 40.5 Å². The maximum atomic E-state index is 5.91. The molecule has 1 aromatic heterocycles. The number of para-hydroxylation sites is 1. The number of benzene rings is 1. The van der Waals surface area contributed by atoms with Crippen molar-refractivity contribution in [3.63, 3.8) is 0 Å². The van der Waals surface area contributed by atoms with Gasteiger partial charge in [0.1, 0.15) is 5.75 Å². The Morgan fingerprint density at radius 1 is 1.10 bits per heavy atom. The summed E-state index contributed by atoms with van der Waals surface area (Å²) in [7, 11) is 0. The molecule has 0 aliphatic carbocycles. The maximum absolute atomic E-state index is 5.91. The highest BCUT2D eigenvalue weighted by molar-refractivity contribution is 5.85. The van der Waals surface area contributed by atoms with E-state index < -0.39 is 0 Å². The van der Waals surface area contributed by atoms with Gasteiger partial charge in [0.2, 0.25) is 0 Å². The van der Waals surface area contributed by atoms with E-state index in [2.05, 4.69) is 49.2 Å². The quantitative estimate of drug-likeness (QED) is 0.844. The predicted molar refractivity (Wildman–Crippen MR) is 85.0 cm³/mol. The van der Waals surface area contributed by atoms with Crippen molar-refractivity contribution in [3.8, 4) is 5.75 Å². The lowest BCUT2D eigenvalue weighted by atomic mass is 10.1. The second kappa shape index (κ2) is 7.34. The van der Waals surface area contributed by atoms with E-state index >= 15 is 0 Å². The minimum Gasteiger partial charge on any atom is -0.493 e. The molecule has 1 aromatic carbocycles. The van der Waals surface area contributed by atoms with Gasteiger partial charge in [0.15, 0.2) is 0 Å². The molecule has 2 rings (SSSR count). The molecule has 0 aliphatic heterocycles. The Kier molecular flexibility index (Phi) is 6.08. The number of aromatic nitrogens is 2. The summed E-state index contributed by atoms with van der Waals surface area (Å²) in [6, 6.07) is 6.25. The Hall–Kier alpha value is -1.48. The summed E-state index contributed by atoms with van der Waals surface area (Å²) < 4.78 is 5.91. The van der Waals surface area contributed by atoms with E-state index in [4.69, 9.17) is 4.74 Å². The summed E-state index contributed by atoms with van der Waals surface area (Å²) in [6.45, 7) is 9.04. The largest absolute Gasteiger partial charge is 0.493 e. The summed E-state index contributed by atoms with van der Waals surface area (Å²) in [5.74, 6) is 1.03. The van der Waals surface area contributed by atoms with Crippen molar-refractivity contribution in [1.82, 2.24) is 10.2 Å². The highest BCUT2D eigenvalue weighted by Crippen LogP contribution is 2.22. The minimum absolute atomic E-state index is 0. The zero-order valence-corrected chi connectivity index (χ0v) is 13.4. The van der Waals surface area contributed by atoms with Gasteiger partial charge in [0.25, 0.3) is 0 Å². The van der Waals surface area contributed by atoms with Gasteiger partial charge >= 0.3 is 0 Å². The van der Waals surface area contributed by atoms with Gasteiger partial charge in [-0.25, -0.2) is 0 Å². The molecule has 4 heteroatoms. The lowest BCUT2D eigenvalue weighted by Crippen LogP contribution is -2.02. The first-order valence-corrected chi connectivity index (χ1v) is 6.79. The molecule has 0 unspecified atom stereocenters. The molecule has 3 nitrogen and oxygen atoms in total. The van der Waals surface area contributed by atoms with Crippen LogP contribution >= 0.6 is 12.4 Å². The van der Waals surface area contributed by atoms with Gasteiger partial charge in [-0.3, -0.25) is 5.10 Å². The van der Waals surface area contributed by atoms with Gasteiger partial charge in [-0.15, -0.1) is 12.4 Å². The second-order valence-electron chi connectivity index (χ2n) is 5.09. The molecule has 0 aliphatic rings. The Labute approximate surface area is 127 Å². The molecule has 1 heterocycles. The van der Waals surface area contributed by atoms with Crippen LogP contribution in [0.3, 0.4) is 0 Å². The number of hydrogen-bond acceptors (Lipinski definition) is 2. The van der Waals surface area contributed by atoms with Gasteiger partial charge < -0.3 is 4.74 Å². The van der Waals surface area contributed by atoms with Gasteiger partial charge in [-0.05, 0) is 57.2 Å². The Balaban J connectivity index is 0.00000200. The highest BCUT2D eigenvalue weighted by Gasteiger charge is 2.07. The Morgan fingerprint density at radius 3 is 2.30 bits per heavy atom. The lowest BCUT2D eigenvalue weighted by Gasteiger charge is -2.11. The van der Waals surface area contributed by atoms with Gasteiger partial charge in [-0.2, -0.15) is 5.10 Å². The van der Waals surface area contributed by atoms with Crippen molar-refractivity contribution in [2.75, 3.05) is 6.61 Å². The third-order valence-corrected chi connectivity index (χ3v) is 3.51. The molecular weight excluding hydrogens is 272 g/mol. The lowest BCUT2D eigenvalue weighted by molar-refractivity contribution is 0.307. The monoisotopic (exact) mass is 294 g/mol. The number of nitrogens with zero attached hydrogens (tertiary/aromatic N) is 1.